The van der Waals surface area contributed by atoms with Gasteiger partial charge in [0.15, 0.2) is 5.82 Å². The van der Waals surface area contributed by atoms with Crippen molar-refractivity contribution in [3.05, 3.63) is 99.9 Å². The van der Waals surface area contributed by atoms with Crippen molar-refractivity contribution >= 4 is 17.1 Å². The molecule has 1 N–H and O–H groups in total. The summed E-state index contributed by atoms with van der Waals surface area (Å²) in [4.78, 5) is 15.0. The minimum atomic E-state index is -0.569. The summed E-state index contributed by atoms with van der Waals surface area (Å²) in [7, 11) is 1.60. The van der Waals surface area contributed by atoms with E-state index in [1.807, 2.05) is 41.3 Å². The Morgan fingerprint density at radius 2 is 1.48 bits per heavy atom. The van der Waals surface area contributed by atoms with Crippen LogP contribution in [0.2, 0.25) is 0 Å². The van der Waals surface area contributed by atoms with E-state index in [0.717, 1.165) is 19.2 Å². The molecule has 0 saturated carbocycles. The van der Waals surface area contributed by atoms with Crippen molar-refractivity contribution in [2.75, 3.05) is 43.4 Å². The van der Waals surface area contributed by atoms with E-state index >= 15 is 0 Å². The lowest BCUT2D eigenvalue weighted by molar-refractivity contribution is -0.384. The van der Waals surface area contributed by atoms with Crippen molar-refractivity contribution in [2.24, 2.45) is 0 Å². The molecule has 0 aliphatic carbocycles. The maximum atomic E-state index is 14.7. The van der Waals surface area contributed by atoms with Crippen molar-refractivity contribution in [2.45, 2.75) is 6.04 Å². The summed E-state index contributed by atoms with van der Waals surface area (Å²) >= 11 is 0. The van der Waals surface area contributed by atoms with Crippen molar-refractivity contribution in [3.8, 4) is 0 Å². The van der Waals surface area contributed by atoms with Gasteiger partial charge in [-0.15, -0.1) is 0 Å². The molecule has 4 rings (SSSR count). The molecule has 0 bridgehead atoms. The Hall–Kier alpha value is -3.45. The molecule has 3 aromatic carbocycles. The highest BCUT2D eigenvalue weighted by atomic mass is 19.1. The smallest absolute Gasteiger partial charge is 0.295 e. The number of rotatable bonds is 6. The summed E-state index contributed by atoms with van der Waals surface area (Å²) in [5.74, 6) is -0.568. The average molecular weight is 420 g/mol. The lowest BCUT2D eigenvalue weighted by Gasteiger charge is -2.40. The lowest BCUT2D eigenvalue weighted by atomic mass is 9.96. The maximum Gasteiger partial charge on any atom is 0.295 e. The van der Waals surface area contributed by atoms with Gasteiger partial charge in [-0.2, -0.15) is 0 Å². The van der Waals surface area contributed by atoms with Gasteiger partial charge in [-0.3, -0.25) is 15.0 Å². The van der Waals surface area contributed by atoms with Crippen LogP contribution in [0.5, 0.6) is 0 Å². The maximum absolute atomic E-state index is 14.7. The second-order valence-electron chi connectivity index (χ2n) is 7.57. The Kier molecular flexibility index (Phi) is 6.13. The third-order valence-corrected chi connectivity index (χ3v) is 5.78. The zero-order valence-corrected chi connectivity index (χ0v) is 17.4. The molecule has 6 nitrogen and oxygen atoms in total. The highest BCUT2D eigenvalue weighted by molar-refractivity contribution is 5.69. The molecular weight excluding hydrogens is 395 g/mol. The first kappa shape index (κ1) is 20.8. The zero-order valence-electron chi connectivity index (χ0n) is 17.4. The molecule has 1 saturated heterocycles. The number of hydrogen-bond acceptors (Lipinski definition) is 5. The zero-order chi connectivity index (χ0) is 21.8. The molecule has 1 heterocycles. The largest absolute Gasteiger partial charge is 0.383 e. The number of hydrogen-bond donors (Lipinski definition) is 1. The van der Waals surface area contributed by atoms with Gasteiger partial charge >= 0.3 is 0 Å². The Bertz CT molecular complexity index is 999. The van der Waals surface area contributed by atoms with Crippen LogP contribution in [0.4, 0.5) is 21.5 Å². The van der Waals surface area contributed by atoms with Crippen LogP contribution in [0.3, 0.4) is 0 Å². The van der Waals surface area contributed by atoms with Crippen LogP contribution in [0, 0.1) is 15.9 Å². The second-order valence-corrected chi connectivity index (χ2v) is 7.57. The summed E-state index contributed by atoms with van der Waals surface area (Å²) in [5, 5.41) is 14.0. The van der Waals surface area contributed by atoms with Gasteiger partial charge in [0, 0.05) is 33.2 Å². The summed E-state index contributed by atoms with van der Waals surface area (Å²) in [6.07, 6.45) is 0. The fraction of sp³-hybridized carbons (Fsp3) is 0.250. The van der Waals surface area contributed by atoms with Crippen LogP contribution in [-0.4, -0.2) is 43.0 Å². The number of anilines is 2. The molecule has 1 fully saturated rings. The minimum absolute atomic E-state index is 0.124. The van der Waals surface area contributed by atoms with E-state index in [1.165, 1.54) is 17.2 Å². The minimum Gasteiger partial charge on any atom is -0.383 e. The molecule has 1 aliphatic rings. The molecule has 160 valence electrons. The number of nitro groups is 1. The summed E-state index contributed by atoms with van der Waals surface area (Å²) in [5.41, 5.74) is 2.90. The van der Waals surface area contributed by atoms with Gasteiger partial charge < -0.3 is 10.2 Å². The summed E-state index contributed by atoms with van der Waals surface area (Å²) < 4.78 is 14.7. The van der Waals surface area contributed by atoms with E-state index < -0.39 is 10.7 Å². The Morgan fingerprint density at radius 3 is 1.97 bits per heavy atom. The molecule has 1 aliphatic heterocycles. The normalized spacial score (nSPS) is 14.6. The molecule has 31 heavy (non-hydrogen) atoms. The van der Waals surface area contributed by atoms with Crippen LogP contribution in [0.15, 0.2) is 72.8 Å². The highest BCUT2D eigenvalue weighted by Crippen LogP contribution is 2.34. The monoisotopic (exact) mass is 420 g/mol. The fourth-order valence-electron chi connectivity index (χ4n) is 4.25. The standard InChI is InChI=1S/C24H25FN4O2/c1-26-21-17-22(20(25)16-23(21)29(30)31)27-12-14-28(15-13-27)24(18-8-4-2-5-9-18)19-10-6-3-7-11-19/h2-11,16-17,24,26H,12-15H2,1H3. The number of halogens is 1. The lowest BCUT2D eigenvalue weighted by Crippen LogP contribution is -2.48. The van der Waals surface area contributed by atoms with Gasteiger partial charge in [0.25, 0.3) is 5.69 Å². The van der Waals surface area contributed by atoms with Crippen LogP contribution in [-0.2, 0) is 0 Å². The Labute approximate surface area is 181 Å². The van der Waals surface area contributed by atoms with Crippen LogP contribution < -0.4 is 10.2 Å². The van der Waals surface area contributed by atoms with Crippen molar-refractivity contribution in [3.63, 3.8) is 0 Å². The molecule has 0 amide bonds. The molecule has 7 heteroatoms. The summed E-state index contributed by atoms with van der Waals surface area (Å²) in [6, 6.07) is 23.4. The van der Waals surface area contributed by atoms with Gasteiger partial charge in [-0.1, -0.05) is 60.7 Å². The first-order valence-corrected chi connectivity index (χ1v) is 10.3. The van der Waals surface area contributed by atoms with Crippen molar-refractivity contribution in [1.29, 1.82) is 0 Å². The van der Waals surface area contributed by atoms with Crippen molar-refractivity contribution < 1.29 is 9.31 Å². The van der Waals surface area contributed by atoms with Crippen LogP contribution in [0.25, 0.3) is 0 Å². The van der Waals surface area contributed by atoms with Crippen LogP contribution in [0.1, 0.15) is 17.2 Å². The van der Waals surface area contributed by atoms with E-state index in [1.54, 1.807) is 7.05 Å². The quantitative estimate of drug-likeness (QED) is 0.463. The Morgan fingerprint density at radius 1 is 0.935 bits per heavy atom. The van der Waals surface area contributed by atoms with Gasteiger partial charge in [0.1, 0.15) is 5.69 Å². The van der Waals surface area contributed by atoms with Gasteiger partial charge in [0.05, 0.1) is 22.7 Å². The summed E-state index contributed by atoms with van der Waals surface area (Å²) in [6.45, 7) is 2.77. The highest BCUT2D eigenvalue weighted by Gasteiger charge is 2.28. The average Bonchev–Trinajstić information content (AvgIpc) is 2.81. The van der Waals surface area contributed by atoms with E-state index in [-0.39, 0.29) is 11.7 Å². The predicted molar refractivity (Wildman–Crippen MR) is 121 cm³/mol. The topological polar surface area (TPSA) is 61.6 Å². The molecule has 0 radical (unpaired) electrons. The van der Waals surface area contributed by atoms with Gasteiger partial charge in [0.2, 0.25) is 0 Å². The van der Waals surface area contributed by atoms with E-state index in [4.69, 9.17) is 0 Å². The predicted octanol–water partition coefficient (Wildman–Crippen LogP) is 4.69. The first-order chi connectivity index (χ1) is 15.1. The number of nitrogens with one attached hydrogen (secondary N) is 1. The first-order valence-electron chi connectivity index (χ1n) is 10.3. The van der Waals surface area contributed by atoms with E-state index in [9.17, 15) is 14.5 Å². The molecule has 0 aromatic heterocycles. The molecular formula is C24H25FN4O2. The van der Waals surface area contributed by atoms with Crippen molar-refractivity contribution in [1.82, 2.24) is 4.90 Å². The third-order valence-electron chi connectivity index (χ3n) is 5.78. The molecule has 0 atom stereocenters. The molecule has 0 spiro atoms. The fourth-order valence-corrected chi connectivity index (χ4v) is 4.25. The van der Waals surface area contributed by atoms with Crippen LogP contribution >= 0.6 is 0 Å². The number of nitro benzene ring substituents is 1. The Balaban J connectivity index is 1.57. The van der Waals surface area contributed by atoms with Gasteiger partial charge in [-0.05, 0) is 17.2 Å². The second kappa shape index (κ2) is 9.14. The van der Waals surface area contributed by atoms with Gasteiger partial charge in [-0.25, -0.2) is 4.39 Å². The SMILES string of the molecule is CNc1cc(N2CCN(C(c3ccccc3)c3ccccc3)CC2)c(F)cc1[N+](=O)[O-]. The van der Waals surface area contributed by atoms with E-state index in [2.05, 4.69) is 34.5 Å². The number of benzene rings is 3. The third kappa shape index (κ3) is 4.36. The molecule has 3 aromatic rings. The number of piperazine rings is 1. The molecule has 0 unspecified atom stereocenters. The number of nitrogens with zero attached hydrogens (tertiary/aromatic N) is 3. The van der Waals surface area contributed by atoms with E-state index in [0.29, 0.717) is 24.5 Å².